The van der Waals surface area contributed by atoms with Gasteiger partial charge in [-0.2, -0.15) is 0 Å². The van der Waals surface area contributed by atoms with Crippen molar-refractivity contribution in [2.75, 3.05) is 33.5 Å². The molecule has 10 heteroatoms. The topological polar surface area (TPSA) is 135 Å². The molecule has 4 aliphatic rings. The number of rotatable bonds is 8. The lowest BCUT2D eigenvalue weighted by Gasteiger charge is -2.44. The van der Waals surface area contributed by atoms with Crippen molar-refractivity contribution in [1.29, 1.82) is 0 Å². The predicted molar refractivity (Wildman–Crippen MR) is 132 cm³/mol. The lowest BCUT2D eigenvalue weighted by atomic mass is 9.76. The van der Waals surface area contributed by atoms with Gasteiger partial charge in [-0.25, -0.2) is 0 Å². The summed E-state index contributed by atoms with van der Waals surface area (Å²) in [4.78, 5) is 40.6. The van der Waals surface area contributed by atoms with Crippen LogP contribution in [0.4, 0.5) is 0 Å². The summed E-state index contributed by atoms with van der Waals surface area (Å²) in [5.41, 5.74) is 1.25. The minimum Gasteiger partial charge on any atom is -0.493 e. The van der Waals surface area contributed by atoms with E-state index in [4.69, 9.17) is 14.2 Å². The molecular formula is C27H34N2O8. The van der Waals surface area contributed by atoms with Gasteiger partial charge < -0.3 is 34.6 Å². The summed E-state index contributed by atoms with van der Waals surface area (Å²) < 4.78 is 17.2. The van der Waals surface area contributed by atoms with Crippen molar-refractivity contribution in [2.45, 2.75) is 62.3 Å². The summed E-state index contributed by atoms with van der Waals surface area (Å²) >= 11 is 0. The van der Waals surface area contributed by atoms with E-state index >= 15 is 0 Å². The number of ether oxygens (including phenoxy) is 3. The molecule has 0 aromatic heterocycles. The first-order valence-electron chi connectivity index (χ1n) is 13.0. The summed E-state index contributed by atoms with van der Waals surface area (Å²) in [5, 5.41) is 23.7. The van der Waals surface area contributed by atoms with Crippen LogP contribution >= 0.6 is 0 Å². The van der Waals surface area contributed by atoms with E-state index < -0.39 is 30.1 Å². The van der Waals surface area contributed by atoms with Crippen LogP contribution in [0, 0.1) is 5.92 Å². The summed E-state index contributed by atoms with van der Waals surface area (Å²) in [6.07, 6.45) is 4.65. The molecule has 200 valence electrons. The summed E-state index contributed by atoms with van der Waals surface area (Å²) in [6.45, 7) is 0.688. The van der Waals surface area contributed by atoms with Gasteiger partial charge in [-0.1, -0.05) is 12.8 Å². The Morgan fingerprint density at radius 2 is 2.03 bits per heavy atom. The summed E-state index contributed by atoms with van der Waals surface area (Å²) in [5.74, 6) is -0.761. The molecule has 37 heavy (non-hydrogen) atoms. The molecule has 1 aromatic rings. The Balaban J connectivity index is 1.59. The van der Waals surface area contributed by atoms with Crippen LogP contribution in [0.25, 0.3) is 0 Å². The van der Waals surface area contributed by atoms with E-state index in [2.05, 4.69) is 5.32 Å². The van der Waals surface area contributed by atoms with E-state index in [0.717, 1.165) is 25.7 Å². The maximum atomic E-state index is 13.8. The summed E-state index contributed by atoms with van der Waals surface area (Å²) in [6, 6.07) is 2.36. The van der Waals surface area contributed by atoms with Gasteiger partial charge in [-0.15, -0.1) is 0 Å². The Labute approximate surface area is 215 Å². The van der Waals surface area contributed by atoms with Crippen molar-refractivity contribution in [3.63, 3.8) is 0 Å². The highest BCUT2D eigenvalue weighted by Gasteiger charge is 2.53. The molecule has 2 heterocycles. The van der Waals surface area contributed by atoms with Gasteiger partial charge in [0.2, 0.25) is 11.8 Å². The van der Waals surface area contributed by atoms with Gasteiger partial charge in [0.15, 0.2) is 11.5 Å². The second-order valence-electron chi connectivity index (χ2n) is 10.1. The number of nitrogens with zero attached hydrogens (tertiary/aromatic N) is 1. The lowest BCUT2D eigenvalue weighted by molar-refractivity contribution is -0.144. The van der Waals surface area contributed by atoms with Crippen LogP contribution in [0.5, 0.6) is 11.5 Å². The molecule has 1 unspecified atom stereocenters. The van der Waals surface area contributed by atoms with Gasteiger partial charge in [-0.3, -0.25) is 14.4 Å². The molecule has 1 aromatic carbocycles. The number of aliphatic hydroxyl groups is 2. The highest BCUT2D eigenvalue weighted by atomic mass is 16.5. The molecule has 2 aliphatic carbocycles. The number of benzene rings is 1. The minimum absolute atomic E-state index is 0.0525. The fraction of sp³-hybridized carbons (Fsp3) is 0.593. The molecule has 2 aliphatic heterocycles. The van der Waals surface area contributed by atoms with Crippen LogP contribution in [-0.2, 0) is 14.3 Å². The average molecular weight is 515 g/mol. The second kappa shape index (κ2) is 10.8. The Hall–Kier alpha value is -2.95. The number of hydrogen-bond acceptors (Lipinski definition) is 8. The van der Waals surface area contributed by atoms with Gasteiger partial charge in [0.05, 0.1) is 38.2 Å². The van der Waals surface area contributed by atoms with Gasteiger partial charge in [0.1, 0.15) is 18.5 Å². The molecule has 2 fully saturated rings. The first-order valence-corrected chi connectivity index (χ1v) is 13.0. The number of fused-ring (bicyclic) bond motifs is 3. The Bertz CT molecular complexity index is 1080. The van der Waals surface area contributed by atoms with Crippen molar-refractivity contribution < 1.29 is 38.8 Å². The van der Waals surface area contributed by atoms with Gasteiger partial charge >= 0.3 is 0 Å². The Kier molecular flexibility index (Phi) is 7.50. The third-order valence-electron chi connectivity index (χ3n) is 7.98. The molecule has 2 amide bonds. The quantitative estimate of drug-likeness (QED) is 0.437. The van der Waals surface area contributed by atoms with E-state index in [1.54, 1.807) is 23.1 Å². The average Bonchev–Trinajstić information content (AvgIpc) is 3.69. The van der Waals surface area contributed by atoms with E-state index in [-0.39, 0.29) is 31.0 Å². The number of aliphatic hydroxyl groups excluding tert-OH is 2. The normalized spacial score (nSPS) is 28.6. The van der Waals surface area contributed by atoms with Crippen molar-refractivity contribution in [1.82, 2.24) is 10.2 Å². The molecule has 0 radical (unpaired) electrons. The fourth-order valence-corrected chi connectivity index (χ4v) is 6.22. The number of amides is 2. The molecular weight excluding hydrogens is 480 g/mol. The zero-order valence-electron chi connectivity index (χ0n) is 20.9. The molecule has 5 atom stereocenters. The van der Waals surface area contributed by atoms with Gasteiger partial charge in [-0.05, 0) is 37.5 Å². The van der Waals surface area contributed by atoms with Crippen LogP contribution < -0.4 is 14.8 Å². The molecule has 1 saturated heterocycles. The molecule has 0 bridgehead atoms. The maximum absolute atomic E-state index is 13.8. The SMILES string of the molecule is COc1cc(C=O)cc2c1O[C@@H]1[C@@H](O)[C@H](N(C(=O)C3CCOC3)C3CCCC3)C=C(C(=O)NCCO)[C@H]21. The second-order valence-corrected chi connectivity index (χ2v) is 10.1. The third-order valence-corrected chi connectivity index (χ3v) is 7.98. The van der Waals surface area contributed by atoms with Gasteiger partial charge in [0, 0.05) is 35.9 Å². The molecule has 5 rings (SSSR count). The number of carbonyl (C=O) groups excluding carboxylic acids is 3. The van der Waals surface area contributed by atoms with Crippen LogP contribution in [-0.4, -0.2) is 91.0 Å². The smallest absolute Gasteiger partial charge is 0.247 e. The first-order chi connectivity index (χ1) is 18.0. The van der Waals surface area contributed by atoms with E-state index in [1.807, 2.05) is 0 Å². The minimum atomic E-state index is -1.12. The monoisotopic (exact) mass is 514 g/mol. The number of carbonyl (C=O) groups is 3. The highest BCUT2D eigenvalue weighted by molar-refractivity contribution is 5.96. The Morgan fingerprint density at radius 3 is 2.68 bits per heavy atom. The van der Waals surface area contributed by atoms with E-state index in [1.165, 1.54) is 7.11 Å². The molecule has 3 N–H and O–H groups in total. The van der Waals surface area contributed by atoms with Crippen molar-refractivity contribution in [3.05, 3.63) is 34.9 Å². The fourth-order valence-electron chi connectivity index (χ4n) is 6.22. The van der Waals surface area contributed by atoms with Crippen LogP contribution in [0.2, 0.25) is 0 Å². The van der Waals surface area contributed by atoms with Crippen LogP contribution in [0.3, 0.4) is 0 Å². The summed E-state index contributed by atoms with van der Waals surface area (Å²) in [7, 11) is 1.46. The zero-order chi connectivity index (χ0) is 26.1. The molecule has 10 nitrogen and oxygen atoms in total. The van der Waals surface area contributed by atoms with E-state index in [9.17, 15) is 24.6 Å². The standard InChI is InChI=1S/C27H34N2O8/c1-35-21-11-15(13-31)10-18-22-19(26(33)28-7-8-30)12-20(23(32)25(22)37-24(18)21)29(17-4-2-3-5-17)27(34)16-6-9-36-14-16/h10-13,16-17,20,22-23,25,30,32H,2-9,14H2,1H3,(H,28,33)/t16?,20-,22+,23+,25+/m1/s1. The highest BCUT2D eigenvalue weighted by Crippen LogP contribution is 2.51. The maximum Gasteiger partial charge on any atom is 0.247 e. The lowest BCUT2D eigenvalue weighted by Crippen LogP contribution is -2.59. The number of methoxy groups -OCH3 is 1. The number of nitrogens with one attached hydrogen (secondary N) is 1. The largest absolute Gasteiger partial charge is 0.493 e. The zero-order valence-corrected chi connectivity index (χ0v) is 20.9. The predicted octanol–water partition coefficient (Wildman–Crippen LogP) is 0.938. The van der Waals surface area contributed by atoms with Crippen molar-refractivity contribution >= 4 is 18.1 Å². The third kappa shape index (κ3) is 4.62. The molecule has 0 spiro atoms. The van der Waals surface area contributed by atoms with Crippen molar-refractivity contribution in [2.24, 2.45) is 5.92 Å². The van der Waals surface area contributed by atoms with Crippen LogP contribution in [0.15, 0.2) is 23.8 Å². The van der Waals surface area contributed by atoms with Crippen molar-refractivity contribution in [3.8, 4) is 11.5 Å². The first kappa shape index (κ1) is 25.7. The number of aldehydes is 1. The van der Waals surface area contributed by atoms with Crippen LogP contribution in [0.1, 0.15) is 53.9 Å². The number of hydrogen-bond donors (Lipinski definition) is 3. The van der Waals surface area contributed by atoms with Gasteiger partial charge in [0.25, 0.3) is 0 Å². The van der Waals surface area contributed by atoms with E-state index in [0.29, 0.717) is 54.1 Å². The molecule has 1 saturated carbocycles. The Morgan fingerprint density at radius 1 is 1.24 bits per heavy atom.